The lowest BCUT2D eigenvalue weighted by Gasteiger charge is -2.31. The summed E-state index contributed by atoms with van der Waals surface area (Å²) < 4.78 is 23.4. The van der Waals surface area contributed by atoms with Gasteiger partial charge < -0.3 is 14.8 Å². The summed E-state index contributed by atoms with van der Waals surface area (Å²) in [5.74, 6) is 0.784. The Hall–Kier alpha value is -0.910. The fourth-order valence-corrected chi connectivity index (χ4v) is 3.88. The minimum Gasteiger partial charge on any atom is -0.497 e. The molecule has 4 nitrogen and oxygen atoms in total. The van der Waals surface area contributed by atoms with Crippen molar-refractivity contribution in [2.45, 2.75) is 36.0 Å². The quantitative estimate of drug-likeness (QED) is 0.872. The second-order valence-corrected chi connectivity index (χ2v) is 6.61. The molecule has 20 heavy (non-hydrogen) atoms. The van der Waals surface area contributed by atoms with E-state index in [0.29, 0.717) is 6.61 Å². The highest BCUT2D eigenvalue weighted by Crippen LogP contribution is 2.21. The summed E-state index contributed by atoms with van der Waals surface area (Å²) in [6, 6.07) is 7.73. The third-order valence-corrected chi connectivity index (χ3v) is 5.28. The first-order valence-electron chi connectivity index (χ1n) is 7.12. The number of nitrogens with one attached hydrogen (secondary N) is 1. The van der Waals surface area contributed by atoms with Crippen molar-refractivity contribution >= 4 is 10.8 Å². The monoisotopic (exact) mass is 297 g/mol. The first-order chi connectivity index (χ1) is 9.76. The Kier molecular flexibility index (Phi) is 6.01. The van der Waals surface area contributed by atoms with Gasteiger partial charge in [0.25, 0.3) is 0 Å². The lowest BCUT2D eigenvalue weighted by molar-refractivity contribution is 0.0820. The molecular formula is C15H23NO3S. The van der Waals surface area contributed by atoms with Gasteiger partial charge in [0.05, 0.1) is 29.8 Å². The van der Waals surface area contributed by atoms with Gasteiger partial charge in [0.1, 0.15) is 5.75 Å². The maximum Gasteiger partial charge on any atom is 0.118 e. The highest BCUT2D eigenvalue weighted by atomic mass is 32.2. The number of methoxy groups -OCH3 is 1. The van der Waals surface area contributed by atoms with Crippen molar-refractivity contribution in [1.82, 2.24) is 5.32 Å². The fourth-order valence-electron chi connectivity index (χ4n) is 2.37. The van der Waals surface area contributed by atoms with Crippen LogP contribution in [0.2, 0.25) is 0 Å². The normalized spacial score (nSPS) is 24.3. The van der Waals surface area contributed by atoms with Crippen molar-refractivity contribution in [2.24, 2.45) is 0 Å². The van der Waals surface area contributed by atoms with Crippen molar-refractivity contribution in [3.63, 3.8) is 0 Å². The van der Waals surface area contributed by atoms with Crippen LogP contribution in [-0.4, -0.2) is 42.4 Å². The van der Waals surface area contributed by atoms with Crippen LogP contribution in [0.15, 0.2) is 29.2 Å². The third kappa shape index (κ3) is 3.81. The Morgan fingerprint density at radius 3 is 2.80 bits per heavy atom. The molecule has 0 bridgehead atoms. The van der Waals surface area contributed by atoms with Crippen LogP contribution in [0.3, 0.4) is 0 Å². The predicted molar refractivity (Wildman–Crippen MR) is 80.7 cm³/mol. The molecule has 0 aliphatic carbocycles. The Morgan fingerprint density at radius 1 is 1.40 bits per heavy atom. The molecule has 0 aromatic heterocycles. The van der Waals surface area contributed by atoms with Crippen LogP contribution in [0.1, 0.15) is 19.8 Å². The molecule has 1 fully saturated rings. The summed E-state index contributed by atoms with van der Waals surface area (Å²) in [5.41, 5.74) is 0. The first-order valence-corrected chi connectivity index (χ1v) is 8.33. The van der Waals surface area contributed by atoms with Crippen molar-refractivity contribution in [3.05, 3.63) is 24.3 Å². The number of ether oxygens (including phenoxy) is 2. The van der Waals surface area contributed by atoms with E-state index in [9.17, 15) is 4.21 Å². The van der Waals surface area contributed by atoms with E-state index in [1.54, 1.807) is 7.11 Å². The molecule has 3 unspecified atom stereocenters. The van der Waals surface area contributed by atoms with Gasteiger partial charge in [-0.25, -0.2) is 0 Å². The second-order valence-electron chi connectivity index (χ2n) is 4.94. The molecule has 1 aliphatic heterocycles. The Morgan fingerprint density at radius 2 is 2.15 bits per heavy atom. The smallest absolute Gasteiger partial charge is 0.118 e. The Bertz CT molecular complexity index is 435. The zero-order valence-electron chi connectivity index (χ0n) is 12.1. The highest BCUT2D eigenvalue weighted by Gasteiger charge is 2.30. The third-order valence-electron chi connectivity index (χ3n) is 3.53. The molecule has 1 aromatic carbocycles. The van der Waals surface area contributed by atoms with Gasteiger partial charge in [0.2, 0.25) is 0 Å². The topological polar surface area (TPSA) is 47.6 Å². The highest BCUT2D eigenvalue weighted by molar-refractivity contribution is 7.85. The zero-order chi connectivity index (χ0) is 14.4. The summed E-state index contributed by atoms with van der Waals surface area (Å²) in [6.45, 7) is 4.40. The zero-order valence-corrected chi connectivity index (χ0v) is 12.9. The molecule has 0 amide bonds. The second kappa shape index (κ2) is 7.76. The predicted octanol–water partition coefficient (Wildman–Crippen LogP) is 1.96. The van der Waals surface area contributed by atoms with Crippen LogP contribution < -0.4 is 10.1 Å². The van der Waals surface area contributed by atoms with Crippen molar-refractivity contribution in [3.8, 4) is 5.75 Å². The van der Waals surface area contributed by atoms with Crippen LogP contribution >= 0.6 is 0 Å². The van der Waals surface area contributed by atoms with Crippen molar-refractivity contribution in [1.29, 1.82) is 0 Å². The fraction of sp³-hybridized carbons (Fsp3) is 0.600. The SMILES string of the molecule is CCCNC1CCOCC1S(=O)c1ccc(OC)cc1. The molecule has 112 valence electrons. The summed E-state index contributed by atoms with van der Waals surface area (Å²) >= 11 is 0. The molecule has 0 radical (unpaired) electrons. The van der Waals surface area contributed by atoms with Gasteiger partial charge >= 0.3 is 0 Å². The number of rotatable bonds is 6. The Labute approximate surface area is 123 Å². The average molecular weight is 297 g/mol. The van der Waals surface area contributed by atoms with E-state index < -0.39 is 10.8 Å². The van der Waals surface area contributed by atoms with Crippen LogP contribution in [0, 0.1) is 0 Å². The molecule has 1 saturated heterocycles. The molecule has 1 N–H and O–H groups in total. The summed E-state index contributed by atoms with van der Waals surface area (Å²) in [5, 5.41) is 3.51. The van der Waals surface area contributed by atoms with Crippen LogP contribution in [-0.2, 0) is 15.5 Å². The average Bonchev–Trinajstić information content (AvgIpc) is 2.52. The number of benzene rings is 1. The van der Waals surface area contributed by atoms with Gasteiger partial charge in [-0.1, -0.05) is 6.92 Å². The van der Waals surface area contributed by atoms with Crippen molar-refractivity contribution < 1.29 is 13.7 Å². The molecule has 1 heterocycles. The van der Waals surface area contributed by atoms with E-state index in [4.69, 9.17) is 9.47 Å². The van der Waals surface area contributed by atoms with Crippen molar-refractivity contribution in [2.75, 3.05) is 26.9 Å². The standard InChI is InChI=1S/C15H23NO3S/c1-3-9-16-14-8-10-19-11-15(14)20(17)13-6-4-12(18-2)5-7-13/h4-7,14-16H,3,8-11H2,1-2H3. The van der Waals surface area contributed by atoms with Gasteiger partial charge in [-0.2, -0.15) is 0 Å². The van der Waals surface area contributed by atoms with Crippen LogP contribution in [0.4, 0.5) is 0 Å². The molecule has 2 rings (SSSR count). The van der Waals surface area contributed by atoms with Gasteiger partial charge in [0, 0.05) is 17.5 Å². The number of hydrogen-bond acceptors (Lipinski definition) is 4. The van der Waals surface area contributed by atoms with E-state index in [0.717, 1.165) is 36.6 Å². The molecular weight excluding hydrogens is 274 g/mol. The molecule has 3 atom stereocenters. The molecule has 1 aromatic rings. The van der Waals surface area contributed by atoms with Gasteiger partial charge in [-0.3, -0.25) is 4.21 Å². The maximum absolute atomic E-state index is 12.7. The Balaban J connectivity index is 2.07. The lowest BCUT2D eigenvalue weighted by Crippen LogP contribution is -2.48. The summed E-state index contributed by atoms with van der Waals surface area (Å²) in [6.07, 6.45) is 2.01. The molecule has 5 heteroatoms. The minimum absolute atomic E-state index is 0.0173. The molecule has 1 aliphatic rings. The largest absolute Gasteiger partial charge is 0.497 e. The van der Waals surface area contributed by atoms with E-state index in [1.807, 2.05) is 24.3 Å². The van der Waals surface area contributed by atoms with Gasteiger partial charge in [-0.15, -0.1) is 0 Å². The molecule has 0 saturated carbocycles. The first kappa shape index (κ1) is 15.5. The minimum atomic E-state index is -1.06. The number of hydrogen-bond donors (Lipinski definition) is 1. The van der Waals surface area contributed by atoms with E-state index in [2.05, 4.69) is 12.2 Å². The maximum atomic E-state index is 12.7. The van der Waals surface area contributed by atoms with E-state index in [-0.39, 0.29) is 11.3 Å². The van der Waals surface area contributed by atoms with Crippen LogP contribution in [0.5, 0.6) is 5.75 Å². The van der Waals surface area contributed by atoms with Crippen LogP contribution in [0.25, 0.3) is 0 Å². The summed E-state index contributed by atoms with van der Waals surface area (Å²) in [7, 11) is 0.574. The lowest BCUT2D eigenvalue weighted by atomic mass is 10.1. The van der Waals surface area contributed by atoms with E-state index >= 15 is 0 Å². The van der Waals surface area contributed by atoms with E-state index in [1.165, 1.54) is 0 Å². The summed E-state index contributed by atoms with van der Waals surface area (Å²) in [4.78, 5) is 0.838. The van der Waals surface area contributed by atoms with Gasteiger partial charge in [0.15, 0.2) is 0 Å². The van der Waals surface area contributed by atoms with Gasteiger partial charge in [-0.05, 0) is 43.7 Å². The molecule has 0 spiro atoms.